The highest BCUT2D eigenvalue weighted by molar-refractivity contribution is 5.82. The van der Waals surface area contributed by atoms with E-state index in [1.54, 1.807) is 0 Å². The van der Waals surface area contributed by atoms with Gasteiger partial charge in [-0.15, -0.1) is 0 Å². The second kappa shape index (κ2) is 4.78. The number of amides is 1. The van der Waals surface area contributed by atoms with Gasteiger partial charge in [0.05, 0.1) is 6.04 Å². The molecule has 1 fully saturated rings. The van der Waals surface area contributed by atoms with Crippen molar-refractivity contribution >= 4 is 5.91 Å². The van der Waals surface area contributed by atoms with Crippen LogP contribution in [0.15, 0.2) is 0 Å². The zero-order chi connectivity index (χ0) is 10.7. The molecular formula is C11H22N2O. The summed E-state index contributed by atoms with van der Waals surface area (Å²) in [5.41, 5.74) is 5.82. The van der Waals surface area contributed by atoms with Gasteiger partial charge in [0.2, 0.25) is 5.91 Å². The molecule has 0 saturated heterocycles. The molecule has 0 aliphatic heterocycles. The molecular weight excluding hydrogens is 176 g/mol. The van der Waals surface area contributed by atoms with Crippen LogP contribution >= 0.6 is 0 Å². The average molecular weight is 198 g/mol. The standard InChI is InChI=1S/C11H22N2O/c1-4-8(3)10(12)11(14)13-9-5-7(2)6-9/h7-10H,4-6,12H2,1-3H3,(H,13,14)/t7?,8-,9?,10-/m0/s1. The lowest BCUT2D eigenvalue weighted by atomic mass is 9.81. The molecule has 3 N–H and O–H groups in total. The van der Waals surface area contributed by atoms with Crippen LogP contribution in [0.5, 0.6) is 0 Å². The highest BCUT2D eigenvalue weighted by Gasteiger charge is 2.29. The maximum atomic E-state index is 11.6. The molecule has 1 rings (SSSR count). The van der Waals surface area contributed by atoms with Crippen molar-refractivity contribution in [2.75, 3.05) is 0 Å². The first-order valence-corrected chi connectivity index (χ1v) is 5.60. The topological polar surface area (TPSA) is 55.1 Å². The molecule has 82 valence electrons. The predicted molar refractivity (Wildman–Crippen MR) is 57.8 cm³/mol. The van der Waals surface area contributed by atoms with Crippen molar-refractivity contribution < 1.29 is 4.79 Å². The molecule has 1 aliphatic carbocycles. The molecule has 0 spiro atoms. The Morgan fingerprint density at radius 3 is 2.57 bits per heavy atom. The lowest BCUT2D eigenvalue weighted by Crippen LogP contribution is -2.51. The van der Waals surface area contributed by atoms with Crippen molar-refractivity contribution in [3.05, 3.63) is 0 Å². The van der Waals surface area contributed by atoms with Gasteiger partial charge in [-0.25, -0.2) is 0 Å². The van der Waals surface area contributed by atoms with E-state index in [2.05, 4.69) is 19.2 Å². The zero-order valence-corrected chi connectivity index (χ0v) is 9.42. The first-order chi connectivity index (χ1) is 6.54. The minimum absolute atomic E-state index is 0.0243. The van der Waals surface area contributed by atoms with Crippen molar-refractivity contribution in [3.8, 4) is 0 Å². The number of hydrogen-bond acceptors (Lipinski definition) is 2. The molecule has 0 unspecified atom stereocenters. The van der Waals surface area contributed by atoms with Gasteiger partial charge in [-0.05, 0) is 24.7 Å². The van der Waals surface area contributed by atoms with Gasteiger partial charge in [0.1, 0.15) is 0 Å². The number of carbonyl (C=O) groups excluding carboxylic acids is 1. The van der Waals surface area contributed by atoms with E-state index < -0.39 is 0 Å². The van der Waals surface area contributed by atoms with E-state index in [4.69, 9.17) is 5.73 Å². The van der Waals surface area contributed by atoms with Crippen LogP contribution in [0.4, 0.5) is 0 Å². The largest absolute Gasteiger partial charge is 0.352 e. The Hall–Kier alpha value is -0.570. The van der Waals surface area contributed by atoms with Crippen molar-refractivity contribution in [3.63, 3.8) is 0 Å². The molecule has 0 aromatic rings. The fourth-order valence-corrected chi connectivity index (χ4v) is 1.83. The fraction of sp³-hybridized carbons (Fsp3) is 0.909. The maximum Gasteiger partial charge on any atom is 0.237 e. The summed E-state index contributed by atoms with van der Waals surface area (Å²) in [6, 6.07) is 0.0449. The smallest absolute Gasteiger partial charge is 0.237 e. The Morgan fingerprint density at radius 2 is 2.14 bits per heavy atom. The van der Waals surface area contributed by atoms with Crippen molar-refractivity contribution in [1.82, 2.24) is 5.32 Å². The Kier molecular flexibility index (Phi) is 3.93. The van der Waals surface area contributed by atoms with E-state index in [0.29, 0.717) is 6.04 Å². The summed E-state index contributed by atoms with van der Waals surface area (Å²) in [5.74, 6) is 1.06. The van der Waals surface area contributed by atoms with E-state index in [1.165, 1.54) is 0 Å². The SMILES string of the molecule is CC[C@H](C)[C@H](N)C(=O)NC1CC(C)C1. The highest BCUT2D eigenvalue weighted by Crippen LogP contribution is 2.26. The summed E-state index contributed by atoms with van der Waals surface area (Å²) < 4.78 is 0. The molecule has 0 radical (unpaired) electrons. The van der Waals surface area contributed by atoms with Gasteiger partial charge >= 0.3 is 0 Å². The normalized spacial score (nSPS) is 30.3. The summed E-state index contributed by atoms with van der Waals surface area (Å²) in [7, 11) is 0. The van der Waals surface area contributed by atoms with E-state index >= 15 is 0 Å². The molecule has 2 atom stereocenters. The van der Waals surface area contributed by atoms with E-state index in [9.17, 15) is 4.79 Å². The molecule has 3 nitrogen and oxygen atoms in total. The van der Waals surface area contributed by atoms with Crippen LogP contribution in [0.1, 0.15) is 40.0 Å². The van der Waals surface area contributed by atoms with Gasteiger partial charge < -0.3 is 11.1 Å². The van der Waals surface area contributed by atoms with Gasteiger partial charge in [-0.3, -0.25) is 4.79 Å². The third-order valence-corrected chi connectivity index (χ3v) is 3.28. The summed E-state index contributed by atoms with van der Waals surface area (Å²) in [4.78, 5) is 11.6. The van der Waals surface area contributed by atoms with Crippen molar-refractivity contribution in [1.29, 1.82) is 0 Å². The fourth-order valence-electron chi connectivity index (χ4n) is 1.83. The molecule has 14 heavy (non-hydrogen) atoms. The minimum atomic E-state index is -0.337. The van der Waals surface area contributed by atoms with Crippen LogP contribution in [0.25, 0.3) is 0 Å². The lowest BCUT2D eigenvalue weighted by Gasteiger charge is -2.34. The predicted octanol–water partition coefficient (Wildman–Crippen LogP) is 1.27. The van der Waals surface area contributed by atoms with Gasteiger partial charge in [-0.1, -0.05) is 27.2 Å². The molecule has 0 aromatic heterocycles. The summed E-state index contributed by atoms with van der Waals surface area (Å²) in [6.45, 7) is 6.29. The van der Waals surface area contributed by atoms with Crippen LogP contribution in [-0.4, -0.2) is 18.0 Å². The first kappa shape index (κ1) is 11.5. The monoisotopic (exact) mass is 198 g/mol. The number of nitrogens with two attached hydrogens (primary N) is 1. The Balaban J connectivity index is 2.27. The summed E-state index contributed by atoms with van der Waals surface area (Å²) >= 11 is 0. The molecule has 0 bridgehead atoms. The van der Waals surface area contributed by atoms with Crippen molar-refractivity contribution in [2.45, 2.75) is 52.1 Å². The highest BCUT2D eigenvalue weighted by atomic mass is 16.2. The second-order valence-electron chi connectivity index (χ2n) is 4.69. The molecule has 0 heterocycles. The first-order valence-electron chi connectivity index (χ1n) is 5.60. The Labute approximate surface area is 86.4 Å². The Morgan fingerprint density at radius 1 is 1.57 bits per heavy atom. The minimum Gasteiger partial charge on any atom is -0.352 e. The van der Waals surface area contributed by atoms with Gasteiger partial charge in [0, 0.05) is 6.04 Å². The molecule has 1 saturated carbocycles. The van der Waals surface area contributed by atoms with Gasteiger partial charge in [0.15, 0.2) is 0 Å². The second-order valence-corrected chi connectivity index (χ2v) is 4.69. The van der Waals surface area contributed by atoms with E-state index in [-0.39, 0.29) is 17.9 Å². The lowest BCUT2D eigenvalue weighted by molar-refractivity contribution is -0.124. The van der Waals surface area contributed by atoms with Gasteiger partial charge in [-0.2, -0.15) is 0 Å². The van der Waals surface area contributed by atoms with Crippen molar-refractivity contribution in [2.24, 2.45) is 17.6 Å². The number of nitrogens with one attached hydrogen (secondary N) is 1. The number of hydrogen-bond donors (Lipinski definition) is 2. The van der Waals surface area contributed by atoms with Crippen LogP contribution in [0.3, 0.4) is 0 Å². The summed E-state index contributed by atoms with van der Waals surface area (Å²) in [5, 5.41) is 3.00. The van der Waals surface area contributed by atoms with Crippen LogP contribution in [0.2, 0.25) is 0 Å². The molecule has 0 aromatic carbocycles. The molecule has 3 heteroatoms. The van der Waals surface area contributed by atoms with Crippen LogP contribution < -0.4 is 11.1 Å². The van der Waals surface area contributed by atoms with Gasteiger partial charge in [0.25, 0.3) is 0 Å². The summed E-state index contributed by atoms with van der Waals surface area (Å²) in [6.07, 6.45) is 3.17. The molecule has 1 amide bonds. The third kappa shape index (κ3) is 2.71. The Bertz CT molecular complexity index is 199. The van der Waals surface area contributed by atoms with E-state index in [0.717, 1.165) is 25.2 Å². The zero-order valence-electron chi connectivity index (χ0n) is 9.42. The number of carbonyl (C=O) groups is 1. The quantitative estimate of drug-likeness (QED) is 0.715. The van der Waals surface area contributed by atoms with Crippen LogP contribution in [-0.2, 0) is 4.79 Å². The molecule has 1 aliphatic rings. The van der Waals surface area contributed by atoms with E-state index in [1.807, 2.05) is 6.92 Å². The number of rotatable bonds is 4. The average Bonchev–Trinajstić information content (AvgIpc) is 2.12. The van der Waals surface area contributed by atoms with Crippen LogP contribution in [0, 0.1) is 11.8 Å². The third-order valence-electron chi connectivity index (χ3n) is 3.28. The maximum absolute atomic E-state index is 11.6.